The maximum absolute atomic E-state index is 11.3. The molecule has 2 N–H and O–H groups in total. The Morgan fingerprint density at radius 3 is 3.06 bits per heavy atom. The van der Waals surface area contributed by atoms with Gasteiger partial charge in [0.05, 0.1) is 12.0 Å². The molecule has 2 heterocycles. The number of aromatic hydroxyl groups is 1. The highest BCUT2D eigenvalue weighted by Crippen LogP contribution is 2.36. The first-order valence-corrected chi connectivity index (χ1v) is 5.26. The van der Waals surface area contributed by atoms with Crippen molar-refractivity contribution in [1.29, 1.82) is 0 Å². The van der Waals surface area contributed by atoms with Crippen molar-refractivity contribution >= 4 is 0 Å². The van der Waals surface area contributed by atoms with E-state index < -0.39 is 0 Å². The first-order chi connectivity index (χ1) is 8.24. The summed E-state index contributed by atoms with van der Waals surface area (Å²) in [6, 6.07) is 8.64. The Balaban J connectivity index is 2.10. The molecule has 5 heteroatoms. The molecule has 0 amide bonds. The van der Waals surface area contributed by atoms with Gasteiger partial charge in [0, 0.05) is 5.56 Å². The van der Waals surface area contributed by atoms with E-state index in [0.717, 1.165) is 17.4 Å². The Kier molecular flexibility index (Phi) is 2.11. The number of hydrogen-bond acceptors (Lipinski definition) is 4. The maximum atomic E-state index is 11.3. The monoisotopic (exact) mass is 230 g/mol. The zero-order chi connectivity index (χ0) is 11.8. The number of aromatic nitrogens is 2. The van der Waals surface area contributed by atoms with E-state index in [1.807, 2.05) is 24.3 Å². The van der Waals surface area contributed by atoms with Gasteiger partial charge in [-0.3, -0.25) is 4.79 Å². The summed E-state index contributed by atoms with van der Waals surface area (Å²) >= 11 is 0. The molecule has 0 bridgehead atoms. The van der Waals surface area contributed by atoms with Crippen LogP contribution in [0.4, 0.5) is 0 Å². The molecule has 0 saturated heterocycles. The fourth-order valence-corrected chi connectivity index (χ4v) is 2.02. The summed E-state index contributed by atoms with van der Waals surface area (Å²) in [5, 5.41) is 9.33. The van der Waals surface area contributed by atoms with Crippen molar-refractivity contribution in [1.82, 2.24) is 9.97 Å². The normalized spacial score (nSPS) is 17.5. The van der Waals surface area contributed by atoms with E-state index in [1.165, 1.54) is 0 Å². The first-order valence-electron chi connectivity index (χ1n) is 5.26. The summed E-state index contributed by atoms with van der Waals surface area (Å²) in [7, 11) is 0. The third-order valence-electron chi connectivity index (χ3n) is 2.78. The van der Waals surface area contributed by atoms with Gasteiger partial charge in [-0.15, -0.1) is 0 Å². The quantitative estimate of drug-likeness (QED) is 0.766. The van der Waals surface area contributed by atoms with Crippen molar-refractivity contribution in [3.63, 3.8) is 0 Å². The molecule has 3 rings (SSSR count). The highest BCUT2D eigenvalue weighted by Gasteiger charge is 2.27. The molecule has 1 aromatic heterocycles. The van der Waals surface area contributed by atoms with Crippen LogP contribution >= 0.6 is 0 Å². The molecular weight excluding hydrogens is 220 g/mol. The van der Waals surface area contributed by atoms with Crippen molar-refractivity contribution in [2.45, 2.75) is 5.92 Å². The van der Waals surface area contributed by atoms with E-state index >= 15 is 0 Å². The fraction of sp³-hybridized carbons (Fsp3) is 0.167. The van der Waals surface area contributed by atoms with E-state index in [0.29, 0.717) is 12.4 Å². The van der Waals surface area contributed by atoms with Crippen LogP contribution in [0, 0.1) is 0 Å². The lowest BCUT2D eigenvalue weighted by Crippen LogP contribution is -2.14. The molecule has 17 heavy (non-hydrogen) atoms. The Morgan fingerprint density at radius 1 is 1.41 bits per heavy atom. The van der Waals surface area contributed by atoms with Crippen LogP contribution < -0.4 is 10.3 Å². The van der Waals surface area contributed by atoms with Gasteiger partial charge in [-0.25, -0.2) is 0 Å². The van der Waals surface area contributed by atoms with Gasteiger partial charge in [-0.2, -0.15) is 4.98 Å². The number of H-pyrrole nitrogens is 1. The molecule has 0 saturated carbocycles. The Labute approximate surface area is 96.7 Å². The van der Waals surface area contributed by atoms with Gasteiger partial charge in [0.15, 0.2) is 0 Å². The number of para-hydroxylation sites is 1. The van der Waals surface area contributed by atoms with Gasteiger partial charge in [0.1, 0.15) is 18.2 Å². The number of nitrogens with zero attached hydrogens (tertiary/aromatic N) is 1. The maximum Gasteiger partial charge on any atom is 0.254 e. The summed E-state index contributed by atoms with van der Waals surface area (Å²) in [5.41, 5.74) is 0.609. The van der Waals surface area contributed by atoms with Crippen LogP contribution in [0.25, 0.3) is 0 Å². The van der Waals surface area contributed by atoms with Crippen molar-refractivity contribution in [3.8, 4) is 11.6 Å². The fourth-order valence-electron chi connectivity index (χ4n) is 2.02. The van der Waals surface area contributed by atoms with Gasteiger partial charge in [-0.1, -0.05) is 18.2 Å². The summed E-state index contributed by atoms with van der Waals surface area (Å²) in [4.78, 5) is 17.8. The molecule has 1 aliphatic rings. The van der Waals surface area contributed by atoms with E-state index in [4.69, 9.17) is 4.74 Å². The second kappa shape index (κ2) is 3.62. The summed E-state index contributed by atoms with van der Waals surface area (Å²) < 4.78 is 5.50. The van der Waals surface area contributed by atoms with E-state index in [-0.39, 0.29) is 17.4 Å². The van der Waals surface area contributed by atoms with Gasteiger partial charge in [-0.05, 0) is 6.07 Å². The molecule has 0 fully saturated rings. The van der Waals surface area contributed by atoms with Crippen LogP contribution in [0.1, 0.15) is 17.3 Å². The van der Waals surface area contributed by atoms with Crippen LogP contribution in [-0.4, -0.2) is 21.7 Å². The average molecular weight is 230 g/mol. The number of hydrogen-bond donors (Lipinski definition) is 2. The van der Waals surface area contributed by atoms with Crippen molar-refractivity contribution < 1.29 is 9.84 Å². The highest BCUT2D eigenvalue weighted by molar-refractivity contribution is 5.42. The van der Waals surface area contributed by atoms with E-state index in [1.54, 1.807) is 0 Å². The number of benzene rings is 1. The van der Waals surface area contributed by atoms with Crippen LogP contribution in [0.15, 0.2) is 35.1 Å². The SMILES string of the molecule is O=c1cc(O)nc(C2COc3ccccc32)[nH]1. The third kappa shape index (κ3) is 1.65. The van der Waals surface area contributed by atoms with Crippen molar-refractivity contribution in [3.05, 3.63) is 52.1 Å². The molecule has 1 aromatic carbocycles. The molecular formula is C12H10N2O3. The number of aromatic amines is 1. The molecule has 86 valence electrons. The summed E-state index contributed by atoms with van der Waals surface area (Å²) in [6.07, 6.45) is 0. The molecule has 1 atom stereocenters. The van der Waals surface area contributed by atoms with Crippen LogP contribution in [0.5, 0.6) is 11.6 Å². The van der Waals surface area contributed by atoms with Crippen molar-refractivity contribution in [2.24, 2.45) is 0 Å². The average Bonchev–Trinajstić information content (AvgIpc) is 2.71. The number of fused-ring (bicyclic) bond motifs is 1. The third-order valence-corrected chi connectivity index (χ3v) is 2.78. The van der Waals surface area contributed by atoms with Gasteiger partial charge >= 0.3 is 0 Å². The van der Waals surface area contributed by atoms with Gasteiger partial charge < -0.3 is 14.8 Å². The highest BCUT2D eigenvalue weighted by atomic mass is 16.5. The molecule has 0 radical (unpaired) electrons. The Hall–Kier alpha value is -2.30. The molecule has 0 aliphatic carbocycles. The van der Waals surface area contributed by atoms with Crippen LogP contribution in [0.3, 0.4) is 0 Å². The predicted molar refractivity (Wildman–Crippen MR) is 60.3 cm³/mol. The Bertz CT molecular complexity index is 621. The zero-order valence-corrected chi connectivity index (χ0v) is 8.88. The minimum Gasteiger partial charge on any atom is -0.493 e. The second-order valence-electron chi connectivity index (χ2n) is 3.89. The van der Waals surface area contributed by atoms with Crippen LogP contribution in [-0.2, 0) is 0 Å². The molecule has 2 aromatic rings. The lowest BCUT2D eigenvalue weighted by atomic mass is 10.0. The number of ether oxygens (including phenoxy) is 1. The summed E-state index contributed by atoms with van der Waals surface area (Å²) in [5.74, 6) is 0.822. The topological polar surface area (TPSA) is 75.2 Å². The predicted octanol–water partition coefficient (Wildman–Crippen LogP) is 1.000. The number of rotatable bonds is 1. The largest absolute Gasteiger partial charge is 0.493 e. The minimum atomic E-state index is -0.364. The zero-order valence-electron chi connectivity index (χ0n) is 8.88. The molecule has 5 nitrogen and oxygen atoms in total. The Morgan fingerprint density at radius 2 is 2.24 bits per heavy atom. The van der Waals surface area contributed by atoms with Gasteiger partial charge in [0.2, 0.25) is 5.88 Å². The van der Waals surface area contributed by atoms with Crippen LogP contribution in [0.2, 0.25) is 0 Å². The van der Waals surface area contributed by atoms with E-state index in [9.17, 15) is 9.90 Å². The minimum absolute atomic E-state index is 0.133. The second-order valence-corrected chi connectivity index (χ2v) is 3.89. The van der Waals surface area contributed by atoms with Gasteiger partial charge in [0.25, 0.3) is 5.56 Å². The lowest BCUT2D eigenvalue weighted by Gasteiger charge is -2.07. The molecule has 1 unspecified atom stereocenters. The molecule has 1 aliphatic heterocycles. The molecule has 0 spiro atoms. The summed E-state index contributed by atoms with van der Waals surface area (Å²) in [6.45, 7) is 0.422. The van der Waals surface area contributed by atoms with Crippen molar-refractivity contribution in [2.75, 3.05) is 6.61 Å². The first kappa shape index (κ1) is 9.89. The standard InChI is InChI=1S/C12H10N2O3/c15-10-5-11(16)14-12(13-10)8-6-17-9-4-2-1-3-7(8)9/h1-5,8H,6H2,(H2,13,14,15,16). The number of nitrogens with one attached hydrogen (secondary N) is 1. The lowest BCUT2D eigenvalue weighted by molar-refractivity contribution is 0.338. The smallest absolute Gasteiger partial charge is 0.254 e. The van der Waals surface area contributed by atoms with E-state index in [2.05, 4.69) is 9.97 Å².